The smallest absolute Gasteiger partial charge is 0.210 e. The van der Waals surface area contributed by atoms with E-state index in [0.717, 1.165) is 0 Å². The fraction of sp³-hybridized carbons (Fsp3) is 0. The van der Waals surface area contributed by atoms with Crippen LogP contribution in [-0.4, -0.2) is 15.0 Å². The third-order valence-electron chi connectivity index (χ3n) is 0.736. The first-order valence-electron chi connectivity index (χ1n) is 2.52. The Morgan fingerprint density at radius 3 is 3.09 bits per heavy atom. The molecule has 55 valence electrons. The van der Waals surface area contributed by atoms with Crippen LogP contribution in [0.2, 0.25) is 5.28 Å². The lowest BCUT2D eigenvalue weighted by Crippen LogP contribution is -2.15. The summed E-state index contributed by atoms with van der Waals surface area (Å²) in [5.74, 6) is 0.0755. The molecule has 0 atom stereocenters. The number of hydrogen-bond donors (Lipinski definition) is 1. The Bertz CT molecular complexity index is 280. The predicted molar refractivity (Wildman–Crippen MR) is 35.4 cm³/mol. The molecular formula is C4H2ClN6. The van der Waals surface area contributed by atoms with Gasteiger partial charge in [0.2, 0.25) is 5.28 Å². The van der Waals surface area contributed by atoms with Gasteiger partial charge in [0.1, 0.15) is 6.33 Å². The lowest BCUT2D eigenvalue weighted by Gasteiger charge is -1.94. The zero-order valence-electron chi connectivity index (χ0n) is 5.19. The van der Waals surface area contributed by atoms with Gasteiger partial charge in [-0.05, 0) is 11.6 Å². The van der Waals surface area contributed by atoms with E-state index in [1.807, 2.05) is 5.43 Å². The number of rotatable bonds is 2. The van der Waals surface area contributed by atoms with Crippen LogP contribution in [0.3, 0.4) is 0 Å². The van der Waals surface area contributed by atoms with E-state index in [0.29, 0.717) is 0 Å². The van der Waals surface area contributed by atoms with E-state index in [-0.39, 0.29) is 11.2 Å². The van der Waals surface area contributed by atoms with Gasteiger partial charge in [0.15, 0.2) is 6.19 Å². The number of halogens is 1. The first-order chi connectivity index (χ1) is 5.33. The molecule has 0 saturated heterocycles. The van der Waals surface area contributed by atoms with E-state index < -0.39 is 0 Å². The van der Waals surface area contributed by atoms with Crippen molar-refractivity contribution in [2.75, 3.05) is 0 Å². The summed E-state index contributed by atoms with van der Waals surface area (Å²) in [6.07, 6.45) is 2.78. The van der Waals surface area contributed by atoms with Crippen molar-refractivity contribution in [1.82, 2.24) is 25.8 Å². The summed E-state index contributed by atoms with van der Waals surface area (Å²) in [6, 6.07) is 0. The molecule has 0 aliphatic carbocycles. The maximum absolute atomic E-state index is 8.04. The van der Waals surface area contributed by atoms with Gasteiger partial charge in [-0.2, -0.15) is 15.2 Å². The van der Waals surface area contributed by atoms with Gasteiger partial charge in [-0.1, -0.05) is 0 Å². The second kappa shape index (κ2) is 3.53. The van der Waals surface area contributed by atoms with E-state index in [2.05, 4.69) is 20.4 Å². The van der Waals surface area contributed by atoms with E-state index in [9.17, 15) is 0 Å². The molecule has 0 spiro atoms. The summed E-state index contributed by atoms with van der Waals surface area (Å²) in [5, 5.41) is 8.08. The molecule has 1 rings (SSSR count). The zero-order valence-corrected chi connectivity index (χ0v) is 5.95. The number of hydrogen-bond acceptors (Lipinski definition) is 5. The highest BCUT2D eigenvalue weighted by molar-refractivity contribution is 6.28. The van der Waals surface area contributed by atoms with Crippen molar-refractivity contribution < 1.29 is 0 Å². The van der Waals surface area contributed by atoms with Gasteiger partial charge in [-0.3, -0.25) is 0 Å². The third-order valence-corrected chi connectivity index (χ3v) is 0.918. The average molecular weight is 170 g/mol. The maximum Gasteiger partial charge on any atom is 0.271 e. The van der Waals surface area contributed by atoms with Gasteiger partial charge in [0, 0.05) is 0 Å². The molecule has 0 fully saturated rings. The van der Waals surface area contributed by atoms with Gasteiger partial charge in [0.25, 0.3) is 5.95 Å². The van der Waals surface area contributed by atoms with E-state index in [1.54, 1.807) is 6.19 Å². The monoisotopic (exact) mass is 169 g/mol. The van der Waals surface area contributed by atoms with Crippen LogP contribution in [0.5, 0.6) is 0 Å². The SMILES string of the molecule is N#CN[N]c1ncnc(Cl)n1. The molecule has 1 N–H and O–H groups in total. The molecule has 6 nitrogen and oxygen atoms in total. The maximum atomic E-state index is 8.04. The predicted octanol–water partition coefficient (Wildman–Crippen LogP) is -0.253. The van der Waals surface area contributed by atoms with Crippen molar-refractivity contribution in [2.24, 2.45) is 0 Å². The van der Waals surface area contributed by atoms with Gasteiger partial charge in [0.05, 0.1) is 0 Å². The van der Waals surface area contributed by atoms with Crippen molar-refractivity contribution in [3.05, 3.63) is 11.6 Å². The minimum atomic E-state index is 0.0403. The summed E-state index contributed by atoms with van der Waals surface area (Å²) >= 11 is 5.39. The van der Waals surface area contributed by atoms with Gasteiger partial charge < -0.3 is 0 Å². The Morgan fingerprint density at radius 1 is 1.64 bits per heavy atom. The molecule has 0 bridgehead atoms. The summed E-state index contributed by atoms with van der Waals surface area (Å²) in [4.78, 5) is 10.7. The van der Waals surface area contributed by atoms with Crippen molar-refractivity contribution >= 4 is 17.5 Å². The second-order valence-corrected chi connectivity index (χ2v) is 1.73. The lowest BCUT2D eigenvalue weighted by atomic mass is 10.9. The molecule has 1 heterocycles. The van der Waals surface area contributed by atoms with Crippen LogP contribution in [0.25, 0.3) is 0 Å². The summed E-state index contributed by atoms with van der Waals surface area (Å²) in [7, 11) is 0. The first kappa shape index (κ1) is 7.50. The summed E-state index contributed by atoms with van der Waals surface area (Å²) in [6.45, 7) is 0. The summed E-state index contributed by atoms with van der Waals surface area (Å²) in [5.41, 5.74) is 5.44. The highest BCUT2D eigenvalue weighted by atomic mass is 35.5. The van der Waals surface area contributed by atoms with Gasteiger partial charge in [-0.25, -0.2) is 10.4 Å². The van der Waals surface area contributed by atoms with Crippen LogP contribution in [0, 0.1) is 11.5 Å². The van der Waals surface area contributed by atoms with Crippen molar-refractivity contribution in [3.63, 3.8) is 0 Å². The third kappa shape index (κ3) is 2.23. The van der Waals surface area contributed by atoms with Crippen molar-refractivity contribution in [2.45, 2.75) is 0 Å². The van der Waals surface area contributed by atoms with E-state index >= 15 is 0 Å². The number of nitrogens with zero attached hydrogens (tertiary/aromatic N) is 5. The molecule has 0 amide bonds. The minimum Gasteiger partial charge on any atom is -0.210 e. The second-order valence-electron chi connectivity index (χ2n) is 1.39. The molecule has 0 aromatic carbocycles. The Kier molecular flexibility index (Phi) is 2.41. The molecular weight excluding hydrogens is 168 g/mol. The highest BCUT2D eigenvalue weighted by Crippen LogP contribution is 1.99. The molecule has 0 saturated carbocycles. The Hall–Kier alpha value is -1.61. The Morgan fingerprint density at radius 2 is 2.45 bits per heavy atom. The van der Waals surface area contributed by atoms with Crippen LogP contribution in [0.1, 0.15) is 0 Å². The zero-order chi connectivity index (χ0) is 8.10. The standard InChI is InChI=1S/C4H2ClN6/c5-3-7-2-8-4(10-3)11-9-1-6/h2,9H. The molecule has 0 aliphatic heterocycles. The Balaban J connectivity index is 2.65. The Labute approximate surface area is 67.2 Å². The normalized spacial score (nSPS) is 8.36. The number of aromatic nitrogens is 3. The highest BCUT2D eigenvalue weighted by Gasteiger charge is 1.96. The quantitative estimate of drug-likeness (QED) is 0.375. The molecule has 1 aromatic rings. The van der Waals surface area contributed by atoms with E-state index in [4.69, 9.17) is 16.9 Å². The minimum absolute atomic E-state index is 0.0403. The largest absolute Gasteiger partial charge is 0.271 e. The van der Waals surface area contributed by atoms with Crippen LogP contribution >= 0.6 is 11.6 Å². The molecule has 1 radical (unpaired) electrons. The lowest BCUT2D eigenvalue weighted by molar-refractivity contribution is 0.735. The fourth-order valence-corrected chi connectivity index (χ4v) is 0.517. The van der Waals surface area contributed by atoms with Gasteiger partial charge in [-0.15, -0.1) is 5.43 Å². The average Bonchev–Trinajstić information content (AvgIpc) is 2.01. The van der Waals surface area contributed by atoms with Crippen LogP contribution in [0.4, 0.5) is 5.95 Å². The van der Waals surface area contributed by atoms with Crippen molar-refractivity contribution in [3.8, 4) is 6.19 Å². The topological polar surface area (TPSA) is 88.6 Å². The van der Waals surface area contributed by atoms with Crippen molar-refractivity contribution in [1.29, 1.82) is 5.26 Å². The summed E-state index contributed by atoms with van der Waals surface area (Å²) < 4.78 is 0. The molecule has 11 heavy (non-hydrogen) atoms. The molecule has 0 aliphatic rings. The molecule has 1 aromatic heterocycles. The van der Waals surface area contributed by atoms with Crippen LogP contribution < -0.4 is 10.9 Å². The first-order valence-corrected chi connectivity index (χ1v) is 2.90. The van der Waals surface area contributed by atoms with E-state index in [1.165, 1.54) is 6.33 Å². The molecule has 7 heteroatoms. The van der Waals surface area contributed by atoms with Gasteiger partial charge >= 0.3 is 0 Å². The number of nitriles is 1. The number of nitrogens with one attached hydrogen (secondary N) is 1. The fourth-order valence-electron chi connectivity index (χ4n) is 0.397. The van der Waals surface area contributed by atoms with Crippen LogP contribution in [0.15, 0.2) is 6.33 Å². The molecule has 0 unspecified atom stereocenters. The van der Waals surface area contributed by atoms with Crippen LogP contribution in [-0.2, 0) is 0 Å².